The predicted molar refractivity (Wildman–Crippen MR) is 105 cm³/mol. The molecule has 0 radical (unpaired) electrons. The van der Waals surface area contributed by atoms with Gasteiger partial charge < -0.3 is 14.2 Å². The Morgan fingerprint density at radius 3 is 2.81 bits per heavy atom. The van der Waals surface area contributed by atoms with E-state index in [2.05, 4.69) is 5.16 Å². The van der Waals surface area contributed by atoms with Gasteiger partial charge in [0.1, 0.15) is 11.4 Å². The normalized spacial score (nSPS) is 17.5. The number of methoxy groups -OCH3 is 1. The van der Waals surface area contributed by atoms with E-state index >= 15 is 0 Å². The summed E-state index contributed by atoms with van der Waals surface area (Å²) in [6.45, 7) is 0.756. The molecule has 1 aliphatic heterocycles. The number of aromatic nitrogens is 1. The van der Waals surface area contributed by atoms with Crippen LogP contribution in [0.4, 0.5) is 0 Å². The van der Waals surface area contributed by atoms with Gasteiger partial charge in [-0.25, -0.2) is 0 Å². The van der Waals surface area contributed by atoms with Crippen LogP contribution in [0.2, 0.25) is 0 Å². The molecule has 1 aliphatic rings. The van der Waals surface area contributed by atoms with Crippen molar-refractivity contribution in [1.29, 1.82) is 0 Å². The molecule has 2 aromatic heterocycles. The standard InChI is InChI=1S/C21H22N2O3S/c1-25-16-10-8-15(9-11-16)19-14-17(22-26-19)18-6-3-2-4-12-23(18)21(24)20-7-5-13-27-20/h5,7-11,13-14,18H,2-4,6,12H2,1H3/t18-/m0/s1. The molecule has 3 heterocycles. The van der Waals surface area contributed by atoms with E-state index in [1.165, 1.54) is 11.3 Å². The van der Waals surface area contributed by atoms with E-state index in [1.807, 2.05) is 52.7 Å². The Bertz CT molecular complexity index is 887. The van der Waals surface area contributed by atoms with Crippen LogP contribution < -0.4 is 4.74 Å². The average molecular weight is 382 g/mol. The number of carbonyl (C=O) groups is 1. The molecule has 1 atom stereocenters. The van der Waals surface area contributed by atoms with Crippen LogP contribution in [0.1, 0.15) is 47.1 Å². The fourth-order valence-corrected chi connectivity index (χ4v) is 4.22. The third-order valence-electron chi connectivity index (χ3n) is 4.99. The van der Waals surface area contributed by atoms with E-state index in [9.17, 15) is 4.79 Å². The van der Waals surface area contributed by atoms with Crippen LogP contribution in [-0.4, -0.2) is 29.6 Å². The summed E-state index contributed by atoms with van der Waals surface area (Å²) >= 11 is 1.49. The zero-order chi connectivity index (χ0) is 18.6. The second-order valence-electron chi connectivity index (χ2n) is 6.69. The van der Waals surface area contributed by atoms with Crippen LogP contribution >= 0.6 is 11.3 Å². The molecule has 1 aromatic carbocycles. The first-order chi connectivity index (χ1) is 13.3. The fraction of sp³-hybridized carbons (Fsp3) is 0.333. The van der Waals surface area contributed by atoms with Gasteiger partial charge in [-0.1, -0.05) is 24.1 Å². The molecule has 27 heavy (non-hydrogen) atoms. The summed E-state index contributed by atoms with van der Waals surface area (Å²) in [5, 5.41) is 6.26. The van der Waals surface area contributed by atoms with Crippen molar-refractivity contribution in [2.45, 2.75) is 31.7 Å². The largest absolute Gasteiger partial charge is 0.497 e. The average Bonchev–Trinajstić information content (AvgIpc) is 3.36. The Morgan fingerprint density at radius 2 is 2.07 bits per heavy atom. The lowest BCUT2D eigenvalue weighted by molar-refractivity contribution is 0.0679. The maximum absolute atomic E-state index is 13.0. The minimum atomic E-state index is -0.0437. The molecule has 1 amide bonds. The van der Waals surface area contributed by atoms with Gasteiger partial charge in [0.05, 0.1) is 18.0 Å². The molecule has 140 valence electrons. The Balaban J connectivity index is 1.61. The second kappa shape index (κ2) is 7.96. The number of nitrogens with zero attached hydrogens (tertiary/aromatic N) is 2. The number of rotatable bonds is 4. The van der Waals surface area contributed by atoms with Gasteiger partial charge in [0.25, 0.3) is 5.91 Å². The van der Waals surface area contributed by atoms with Crippen molar-refractivity contribution >= 4 is 17.2 Å². The number of ether oxygens (including phenoxy) is 1. The van der Waals surface area contributed by atoms with Gasteiger partial charge in [-0.05, 0) is 48.6 Å². The topological polar surface area (TPSA) is 55.6 Å². The second-order valence-corrected chi connectivity index (χ2v) is 7.63. The molecule has 0 N–H and O–H groups in total. The Morgan fingerprint density at radius 1 is 1.22 bits per heavy atom. The number of amides is 1. The van der Waals surface area contributed by atoms with E-state index in [4.69, 9.17) is 9.26 Å². The first-order valence-corrected chi connectivity index (χ1v) is 10.1. The van der Waals surface area contributed by atoms with Gasteiger partial charge in [-0.3, -0.25) is 4.79 Å². The number of carbonyl (C=O) groups excluding carboxylic acids is 1. The lowest BCUT2D eigenvalue weighted by Gasteiger charge is -2.28. The molecule has 5 nitrogen and oxygen atoms in total. The van der Waals surface area contributed by atoms with Gasteiger partial charge in [-0.15, -0.1) is 11.3 Å². The van der Waals surface area contributed by atoms with Gasteiger partial charge in [-0.2, -0.15) is 0 Å². The van der Waals surface area contributed by atoms with Gasteiger partial charge >= 0.3 is 0 Å². The zero-order valence-electron chi connectivity index (χ0n) is 15.3. The third kappa shape index (κ3) is 3.76. The number of likely N-dealkylation sites (tertiary alicyclic amines) is 1. The molecule has 0 spiro atoms. The first-order valence-electron chi connectivity index (χ1n) is 9.22. The third-order valence-corrected chi connectivity index (χ3v) is 5.85. The molecule has 0 unspecified atom stereocenters. The van der Waals surface area contributed by atoms with Crippen molar-refractivity contribution in [3.05, 3.63) is 58.4 Å². The van der Waals surface area contributed by atoms with Crippen LogP contribution in [-0.2, 0) is 0 Å². The van der Waals surface area contributed by atoms with Crippen molar-refractivity contribution in [2.24, 2.45) is 0 Å². The summed E-state index contributed by atoms with van der Waals surface area (Å²) in [6.07, 6.45) is 4.15. The van der Waals surface area contributed by atoms with Crippen molar-refractivity contribution in [2.75, 3.05) is 13.7 Å². The number of thiophene rings is 1. The minimum absolute atomic E-state index is 0.0437. The monoisotopic (exact) mass is 382 g/mol. The first kappa shape index (κ1) is 17.8. The van der Waals surface area contributed by atoms with Gasteiger partial charge in [0.15, 0.2) is 5.76 Å². The summed E-state index contributed by atoms with van der Waals surface area (Å²) in [7, 11) is 1.65. The smallest absolute Gasteiger partial charge is 0.264 e. The zero-order valence-corrected chi connectivity index (χ0v) is 16.1. The van der Waals surface area contributed by atoms with E-state index in [0.717, 1.165) is 54.1 Å². The van der Waals surface area contributed by atoms with E-state index < -0.39 is 0 Å². The number of benzene rings is 1. The highest BCUT2D eigenvalue weighted by molar-refractivity contribution is 7.12. The van der Waals surface area contributed by atoms with Crippen molar-refractivity contribution in [1.82, 2.24) is 10.1 Å². The summed E-state index contributed by atoms with van der Waals surface area (Å²) in [4.78, 5) is 15.8. The minimum Gasteiger partial charge on any atom is -0.497 e. The quantitative estimate of drug-likeness (QED) is 0.625. The number of hydrogen-bond acceptors (Lipinski definition) is 5. The summed E-state index contributed by atoms with van der Waals surface area (Å²) in [5.74, 6) is 1.60. The van der Waals surface area contributed by atoms with E-state index in [1.54, 1.807) is 7.11 Å². The highest BCUT2D eigenvalue weighted by Gasteiger charge is 2.30. The SMILES string of the molecule is COc1ccc(-c2cc([C@@H]3CCCCCN3C(=O)c3cccs3)no2)cc1. The number of hydrogen-bond donors (Lipinski definition) is 0. The molecular formula is C21H22N2O3S. The molecule has 3 aromatic rings. The van der Waals surface area contributed by atoms with Crippen LogP contribution in [0.5, 0.6) is 5.75 Å². The Kier molecular flexibility index (Phi) is 5.25. The summed E-state index contributed by atoms with van der Waals surface area (Å²) in [5.41, 5.74) is 1.77. The van der Waals surface area contributed by atoms with Crippen molar-refractivity contribution < 1.29 is 14.1 Å². The molecular weight excluding hydrogens is 360 g/mol. The van der Waals surface area contributed by atoms with Crippen LogP contribution in [0.25, 0.3) is 11.3 Å². The summed E-state index contributed by atoms with van der Waals surface area (Å²) in [6, 6.07) is 13.4. The van der Waals surface area contributed by atoms with Crippen LogP contribution in [0.3, 0.4) is 0 Å². The van der Waals surface area contributed by atoms with Crippen LogP contribution in [0, 0.1) is 0 Å². The lowest BCUT2D eigenvalue weighted by Crippen LogP contribution is -2.34. The molecule has 0 saturated carbocycles. The predicted octanol–water partition coefficient (Wildman–Crippen LogP) is 5.17. The lowest BCUT2D eigenvalue weighted by atomic mass is 10.0. The fourth-order valence-electron chi connectivity index (χ4n) is 3.54. The molecule has 1 saturated heterocycles. The van der Waals surface area contributed by atoms with Gasteiger partial charge in [0, 0.05) is 18.2 Å². The molecule has 6 heteroatoms. The summed E-state index contributed by atoms with van der Waals surface area (Å²) < 4.78 is 10.8. The molecule has 1 fully saturated rings. The highest BCUT2D eigenvalue weighted by atomic mass is 32.1. The maximum atomic E-state index is 13.0. The Hall–Kier alpha value is -2.60. The maximum Gasteiger partial charge on any atom is 0.264 e. The van der Waals surface area contributed by atoms with E-state index in [0.29, 0.717) is 5.76 Å². The van der Waals surface area contributed by atoms with Gasteiger partial charge in [0.2, 0.25) is 0 Å². The van der Waals surface area contributed by atoms with Crippen molar-refractivity contribution in [3.8, 4) is 17.1 Å². The highest BCUT2D eigenvalue weighted by Crippen LogP contribution is 2.34. The molecule has 4 rings (SSSR count). The molecule has 0 aliphatic carbocycles. The van der Waals surface area contributed by atoms with E-state index in [-0.39, 0.29) is 11.9 Å². The Labute approximate surface area is 162 Å². The van der Waals surface area contributed by atoms with Crippen LogP contribution in [0.15, 0.2) is 52.4 Å². The van der Waals surface area contributed by atoms with Crippen molar-refractivity contribution in [3.63, 3.8) is 0 Å². The molecule has 0 bridgehead atoms.